The topological polar surface area (TPSA) is 45.7 Å². The second kappa shape index (κ2) is 9.26. The number of halogens is 1. The van der Waals surface area contributed by atoms with Gasteiger partial charge in [0.25, 0.3) is 0 Å². The van der Waals surface area contributed by atoms with Crippen molar-refractivity contribution in [1.82, 2.24) is 10.6 Å². The van der Waals surface area contributed by atoms with E-state index in [9.17, 15) is 0 Å². The first-order valence-electron chi connectivity index (χ1n) is 8.81. The molecule has 3 rings (SSSR count). The van der Waals surface area contributed by atoms with E-state index >= 15 is 0 Å². The lowest BCUT2D eigenvalue weighted by molar-refractivity contribution is 0.403. The highest BCUT2D eigenvalue weighted by Gasteiger charge is 2.46. The molecule has 26 heavy (non-hydrogen) atoms. The van der Waals surface area contributed by atoms with Crippen LogP contribution in [0.4, 0.5) is 0 Å². The third-order valence-electron chi connectivity index (χ3n) is 5.06. The quantitative estimate of drug-likeness (QED) is 0.385. The van der Waals surface area contributed by atoms with Crippen LogP contribution in [0.5, 0.6) is 5.75 Å². The minimum Gasteiger partial charge on any atom is -0.496 e. The summed E-state index contributed by atoms with van der Waals surface area (Å²) in [5.41, 5.74) is 4.03. The second-order valence-electron chi connectivity index (χ2n) is 6.69. The predicted molar refractivity (Wildman–Crippen MR) is 119 cm³/mol. The van der Waals surface area contributed by atoms with Crippen LogP contribution in [0, 0.1) is 6.92 Å². The summed E-state index contributed by atoms with van der Waals surface area (Å²) in [5.74, 6) is 1.81. The van der Waals surface area contributed by atoms with Gasteiger partial charge >= 0.3 is 0 Å². The number of benzene rings is 2. The molecule has 140 valence electrons. The van der Waals surface area contributed by atoms with Gasteiger partial charge in [0.05, 0.1) is 7.11 Å². The van der Waals surface area contributed by atoms with E-state index in [1.807, 2.05) is 19.2 Å². The van der Waals surface area contributed by atoms with Gasteiger partial charge in [-0.05, 0) is 37.0 Å². The molecule has 0 aliphatic heterocycles. The summed E-state index contributed by atoms with van der Waals surface area (Å²) in [6, 6.07) is 16.7. The maximum atomic E-state index is 5.55. The molecule has 0 radical (unpaired) electrons. The van der Waals surface area contributed by atoms with Crippen LogP contribution in [0.2, 0.25) is 0 Å². The Hall–Kier alpha value is -1.76. The molecule has 0 saturated heterocycles. The van der Waals surface area contributed by atoms with Gasteiger partial charge in [0, 0.05) is 31.1 Å². The lowest BCUT2D eigenvalue weighted by Crippen LogP contribution is -2.41. The summed E-state index contributed by atoms with van der Waals surface area (Å²) in [5, 5.41) is 6.91. The number of aliphatic imine (C=N–C) groups is 1. The molecule has 1 fully saturated rings. The SMILES string of the molecule is CN=C(NCc1ccccc1C)NCC1(c2ccccc2OC)CC1.I. The Bertz CT molecular complexity index is 756. The molecule has 1 saturated carbocycles. The number of methoxy groups -OCH3 is 1. The van der Waals surface area contributed by atoms with Crippen molar-refractivity contribution < 1.29 is 4.74 Å². The summed E-state index contributed by atoms with van der Waals surface area (Å²) in [4.78, 5) is 4.36. The molecule has 0 unspecified atom stereocenters. The average Bonchev–Trinajstić information content (AvgIpc) is 3.44. The lowest BCUT2D eigenvalue weighted by atomic mass is 9.95. The van der Waals surface area contributed by atoms with Crippen LogP contribution in [0.25, 0.3) is 0 Å². The Kier molecular flexibility index (Phi) is 7.32. The Morgan fingerprint density at radius 3 is 2.42 bits per heavy atom. The van der Waals surface area contributed by atoms with Crippen LogP contribution in [-0.4, -0.2) is 26.7 Å². The number of ether oxygens (including phenoxy) is 1. The van der Waals surface area contributed by atoms with E-state index in [2.05, 4.69) is 58.9 Å². The van der Waals surface area contributed by atoms with E-state index in [0.29, 0.717) is 0 Å². The number of hydrogen-bond acceptors (Lipinski definition) is 2. The van der Waals surface area contributed by atoms with Crippen LogP contribution in [-0.2, 0) is 12.0 Å². The molecular formula is C21H28IN3O. The van der Waals surface area contributed by atoms with Crippen molar-refractivity contribution in [2.75, 3.05) is 20.7 Å². The molecule has 4 nitrogen and oxygen atoms in total. The molecule has 5 heteroatoms. The van der Waals surface area contributed by atoms with Crippen molar-refractivity contribution >= 4 is 29.9 Å². The van der Waals surface area contributed by atoms with E-state index in [-0.39, 0.29) is 29.4 Å². The zero-order valence-electron chi connectivity index (χ0n) is 15.7. The predicted octanol–water partition coefficient (Wildman–Crippen LogP) is 4.02. The van der Waals surface area contributed by atoms with Crippen molar-refractivity contribution in [1.29, 1.82) is 0 Å². The number of rotatable bonds is 6. The molecule has 2 aromatic rings. The van der Waals surface area contributed by atoms with Crippen molar-refractivity contribution in [3.8, 4) is 5.75 Å². The van der Waals surface area contributed by atoms with Crippen LogP contribution in [0.3, 0.4) is 0 Å². The van der Waals surface area contributed by atoms with Gasteiger partial charge in [-0.15, -0.1) is 24.0 Å². The molecule has 2 N–H and O–H groups in total. The summed E-state index contributed by atoms with van der Waals surface area (Å²) in [6.07, 6.45) is 2.35. The average molecular weight is 465 g/mol. The molecule has 2 aromatic carbocycles. The number of hydrogen-bond donors (Lipinski definition) is 2. The van der Waals surface area contributed by atoms with Crippen molar-refractivity contribution in [3.05, 3.63) is 65.2 Å². The Labute approximate surface area is 173 Å². The Balaban J connectivity index is 0.00000243. The number of para-hydroxylation sites is 1. The Morgan fingerprint density at radius 2 is 1.77 bits per heavy atom. The van der Waals surface area contributed by atoms with Crippen LogP contribution < -0.4 is 15.4 Å². The van der Waals surface area contributed by atoms with Gasteiger partial charge < -0.3 is 15.4 Å². The van der Waals surface area contributed by atoms with E-state index in [0.717, 1.165) is 24.8 Å². The highest BCUT2D eigenvalue weighted by atomic mass is 127. The summed E-state index contributed by atoms with van der Waals surface area (Å²) < 4.78 is 5.55. The van der Waals surface area contributed by atoms with Gasteiger partial charge in [0.15, 0.2) is 5.96 Å². The lowest BCUT2D eigenvalue weighted by Gasteiger charge is -2.21. The molecule has 1 aliphatic rings. The summed E-state index contributed by atoms with van der Waals surface area (Å²) >= 11 is 0. The van der Waals surface area contributed by atoms with Gasteiger partial charge in [-0.1, -0.05) is 42.5 Å². The molecule has 0 atom stereocenters. The van der Waals surface area contributed by atoms with E-state index in [1.54, 1.807) is 7.11 Å². The second-order valence-corrected chi connectivity index (χ2v) is 6.69. The molecule has 0 heterocycles. The zero-order chi connectivity index (χ0) is 17.7. The third-order valence-corrected chi connectivity index (χ3v) is 5.06. The highest BCUT2D eigenvalue weighted by molar-refractivity contribution is 14.0. The van der Waals surface area contributed by atoms with E-state index in [1.165, 1.54) is 29.5 Å². The molecular weight excluding hydrogens is 437 g/mol. The first kappa shape index (κ1) is 20.6. The largest absolute Gasteiger partial charge is 0.496 e. The van der Waals surface area contributed by atoms with E-state index < -0.39 is 0 Å². The minimum absolute atomic E-state index is 0. The smallest absolute Gasteiger partial charge is 0.191 e. The molecule has 0 amide bonds. The minimum atomic E-state index is 0. The zero-order valence-corrected chi connectivity index (χ0v) is 18.0. The van der Waals surface area contributed by atoms with Gasteiger partial charge in [0.2, 0.25) is 0 Å². The fraction of sp³-hybridized carbons (Fsp3) is 0.381. The van der Waals surface area contributed by atoms with Gasteiger partial charge in [-0.2, -0.15) is 0 Å². The summed E-state index contributed by atoms with van der Waals surface area (Å²) in [6.45, 7) is 3.77. The third kappa shape index (κ3) is 4.69. The molecule has 0 spiro atoms. The maximum absolute atomic E-state index is 5.55. The molecule has 1 aliphatic carbocycles. The monoisotopic (exact) mass is 465 g/mol. The van der Waals surface area contributed by atoms with Gasteiger partial charge in [-0.25, -0.2) is 0 Å². The fourth-order valence-electron chi connectivity index (χ4n) is 3.24. The van der Waals surface area contributed by atoms with Gasteiger partial charge in [0.1, 0.15) is 5.75 Å². The van der Waals surface area contributed by atoms with Crippen LogP contribution in [0.1, 0.15) is 29.5 Å². The standard InChI is InChI=1S/C21H27N3O.HI/c1-16-8-4-5-9-17(16)14-23-20(22-2)24-15-21(12-13-21)18-10-6-7-11-19(18)25-3;/h4-11H,12-15H2,1-3H3,(H2,22,23,24);1H. The van der Waals surface area contributed by atoms with Gasteiger partial charge in [-0.3, -0.25) is 4.99 Å². The summed E-state index contributed by atoms with van der Waals surface area (Å²) in [7, 11) is 3.56. The number of aryl methyl sites for hydroxylation is 1. The molecule has 0 aromatic heterocycles. The van der Waals surface area contributed by atoms with Crippen LogP contribution in [0.15, 0.2) is 53.5 Å². The fourth-order valence-corrected chi connectivity index (χ4v) is 3.24. The maximum Gasteiger partial charge on any atom is 0.191 e. The van der Waals surface area contributed by atoms with Crippen molar-refractivity contribution in [2.45, 2.75) is 31.7 Å². The van der Waals surface area contributed by atoms with E-state index in [4.69, 9.17) is 4.74 Å². The first-order chi connectivity index (χ1) is 12.2. The number of nitrogens with one attached hydrogen (secondary N) is 2. The number of nitrogens with zero attached hydrogens (tertiary/aromatic N) is 1. The molecule has 0 bridgehead atoms. The highest BCUT2D eigenvalue weighted by Crippen LogP contribution is 2.50. The van der Waals surface area contributed by atoms with Crippen molar-refractivity contribution in [2.24, 2.45) is 4.99 Å². The van der Waals surface area contributed by atoms with Crippen LogP contribution >= 0.6 is 24.0 Å². The first-order valence-corrected chi connectivity index (χ1v) is 8.81. The Morgan fingerprint density at radius 1 is 1.08 bits per heavy atom. The normalized spacial score (nSPS) is 15.0. The van der Waals surface area contributed by atoms with Crippen molar-refractivity contribution in [3.63, 3.8) is 0 Å². The number of guanidine groups is 1.